The molecule has 0 bridgehead atoms. The zero-order chi connectivity index (χ0) is 25.5. The van der Waals surface area contributed by atoms with Gasteiger partial charge >= 0.3 is 0 Å². The lowest BCUT2D eigenvalue weighted by molar-refractivity contribution is 0.0964. The Morgan fingerprint density at radius 3 is 2.58 bits per heavy atom. The molecule has 2 atom stereocenters. The summed E-state index contributed by atoms with van der Waals surface area (Å²) in [5, 5.41) is 7.83. The maximum Gasteiger partial charge on any atom is 0.251 e. The Morgan fingerprint density at radius 2 is 1.86 bits per heavy atom. The van der Waals surface area contributed by atoms with Crippen LogP contribution in [0, 0.1) is 5.92 Å². The van der Waals surface area contributed by atoms with E-state index >= 15 is 0 Å². The average Bonchev–Trinajstić information content (AvgIpc) is 2.94. The van der Waals surface area contributed by atoms with Crippen LogP contribution in [0.15, 0.2) is 60.4 Å². The second-order valence-corrected chi connectivity index (χ2v) is 10.00. The van der Waals surface area contributed by atoms with E-state index in [0.29, 0.717) is 11.5 Å². The number of hydrogen-bond acceptors (Lipinski definition) is 9. The minimum atomic E-state index is -0.109. The van der Waals surface area contributed by atoms with E-state index in [1.165, 1.54) is 11.8 Å². The molecule has 3 heterocycles. The lowest BCUT2D eigenvalue weighted by atomic mass is 9.86. The number of nitrogens with one attached hydrogen (secondary N) is 2. The van der Waals surface area contributed by atoms with Gasteiger partial charge in [-0.1, -0.05) is 36.9 Å². The van der Waals surface area contributed by atoms with Crippen LogP contribution in [0.1, 0.15) is 28.8 Å². The van der Waals surface area contributed by atoms with Crippen LogP contribution in [0.5, 0.6) is 0 Å². The summed E-state index contributed by atoms with van der Waals surface area (Å²) < 4.78 is 0. The third-order valence-electron chi connectivity index (χ3n) is 6.17. The number of fused-ring (bicyclic) bond motifs is 1. The number of amides is 1. The van der Waals surface area contributed by atoms with Gasteiger partial charge in [0.2, 0.25) is 0 Å². The topological polar surface area (TPSA) is 106 Å². The highest BCUT2D eigenvalue weighted by atomic mass is 32.2. The Morgan fingerprint density at radius 1 is 1.06 bits per heavy atom. The van der Waals surface area contributed by atoms with Crippen molar-refractivity contribution in [2.24, 2.45) is 5.92 Å². The molecular formula is C26H29N7OS2. The minimum Gasteiger partial charge on any atom is -0.370 e. The highest BCUT2D eigenvalue weighted by Gasteiger charge is 2.22. The van der Waals surface area contributed by atoms with E-state index in [1.807, 2.05) is 36.2 Å². The van der Waals surface area contributed by atoms with Gasteiger partial charge in [0.1, 0.15) is 12.1 Å². The minimum absolute atomic E-state index is 0.109. The Balaban J connectivity index is 1.56. The van der Waals surface area contributed by atoms with Crippen molar-refractivity contribution in [3.8, 4) is 11.3 Å². The number of hydrogen-bond donors (Lipinski definition) is 2. The molecule has 186 valence electrons. The molecule has 0 aliphatic rings. The summed E-state index contributed by atoms with van der Waals surface area (Å²) in [6.07, 6.45) is 10.9. The molecule has 0 radical (unpaired) electrons. The monoisotopic (exact) mass is 519 g/mol. The SMILES string of the molecule is CNC(=O)c1ccnc2c(C(C)C(CNc3cc(-c4cnc(SC)nc4)ncn3)CSC)cccc12. The van der Waals surface area contributed by atoms with Gasteiger partial charge in [-0.15, -0.1) is 0 Å². The predicted molar refractivity (Wildman–Crippen MR) is 149 cm³/mol. The van der Waals surface area contributed by atoms with Crippen LogP contribution in [-0.4, -0.2) is 62.7 Å². The molecule has 0 spiro atoms. The summed E-state index contributed by atoms with van der Waals surface area (Å²) in [6.45, 7) is 2.95. The number of carbonyl (C=O) groups is 1. The molecule has 0 saturated carbocycles. The maximum atomic E-state index is 12.4. The fourth-order valence-corrected chi connectivity index (χ4v) is 5.30. The van der Waals surface area contributed by atoms with E-state index < -0.39 is 0 Å². The fraction of sp³-hybridized carbons (Fsp3) is 0.308. The van der Waals surface area contributed by atoms with Gasteiger partial charge in [-0.25, -0.2) is 19.9 Å². The van der Waals surface area contributed by atoms with Gasteiger partial charge in [0, 0.05) is 49.2 Å². The molecule has 0 aliphatic heterocycles. The fourth-order valence-electron chi connectivity index (χ4n) is 4.15. The van der Waals surface area contributed by atoms with Crippen LogP contribution >= 0.6 is 23.5 Å². The Kier molecular flexibility index (Phi) is 8.71. The van der Waals surface area contributed by atoms with Crippen molar-refractivity contribution in [1.82, 2.24) is 30.2 Å². The highest BCUT2D eigenvalue weighted by Crippen LogP contribution is 2.32. The Bertz CT molecular complexity index is 1330. The summed E-state index contributed by atoms with van der Waals surface area (Å²) in [7, 11) is 1.64. The maximum absolute atomic E-state index is 12.4. The number of thioether (sulfide) groups is 2. The van der Waals surface area contributed by atoms with Gasteiger partial charge in [0.15, 0.2) is 5.16 Å². The zero-order valence-electron chi connectivity index (χ0n) is 20.7. The zero-order valence-corrected chi connectivity index (χ0v) is 22.4. The van der Waals surface area contributed by atoms with Gasteiger partial charge in [-0.05, 0) is 41.7 Å². The molecule has 0 aliphatic carbocycles. The normalized spacial score (nSPS) is 12.8. The molecule has 36 heavy (non-hydrogen) atoms. The van der Waals surface area contributed by atoms with E-state index in [-0.39, 0.29) is 11.8 Å². The average molecular weight is 520 g/mol. The van der Waals surface area contributed by atoms with E-state index in [0.717, 1.165) is 51.0 Å². The van der Waals surface area contributed by atoms with Crippen molar-refractivity contribution in [3.63, 3.8) is 0 Å². The number of anilines is 1. The quantitative estimate of drug-likeness (QED) is 0.227. The first kappa shape index (κ1) is 25.8. The number of carbonyl (C=O) groups excluding carboxylic acids is 1. The summed E-state index contributed by atoms with van der Waals surface area (Å²) >= 11 is 3.32. The Hall–Kier alpha value is -3.24. The molecule has 10 heteroatoms. The number of aromatic nitrogens is 5. The molecule has 8 nitrogen and oxygen atoms in total. The van der Waals surface area contributed by atoms with E-state index in [4.69, 9.17) is 0 Å². The first-order chi connectivity index (χ1) is 17.5. The van der Waals surface area contributed by atoms with Crippen LogP contribution < -0.4 is 10.6 Å². The van der Waals surface area contributed by atoms with Crippen LogP contribution in [0.2, 0.25) is 0 Å². The molecule has 4 rings (SSSR count). The van der Waals surface area contributed by atoms with Gasteiger partial charge in [-0.2, -0.15) is 11.8 Å². The molecule has 2 unspecified atom stereocenters. The summed E-state index contributed by atoms with van der Waals surface area (Å²) in [4.78, 5) is 34.6. The predicted octanol–water partition coefficient (Wildman–Crippen LogP) is 4.76. The number of nitrogens with zero attached hydrogens (tertiary/aromatic N) is 5. The van der Waals surface area contributed by atoms with Crippen LogP contribution in [-0.2, 0) is 0 Å². The number of para-hydroxylation sites is 1. The van der Waals surface area contributed by atoms with Crippen molar-refractivity contribution >= 4 is 46.2 Å². The van der Waals surface area contributed by atoms with Crippen molar-refractivity contribution in [2.75, 3.05) is 37.2 Å². The number of benzene rings is 1. The lowest BCUT2D eigenvalue weighted by Gasteiger charge is -2.25. The van der Waals surface area contributed by atoms with Gasteiger partial charge < -0.3 is 10.6 Å². The number of pyridine rings is 1. The second kappa shape index (κ2) is 12.1. The lowest BCUT2D eigenvalue weighted by Crippen LogP contribution is -2.23. The van der Waals surface area contributed by atoms with Crippen LogP contribution in [0.4, 0.5) is 5.82 Å². The first-order valence-corrected chi connectivity index (χ1v) is 14.2. The van der Waals surface area contributed by atoms with E-state index in [1.54, 1.807) is 38.0 Å². The van der Waals surface area contributed by atoms with Gasteiger partial charge in [0.05, 0.1) is 16.8 Å². The number of rotatable bonds is 10. The summed E-state index contributed by atoms with van der Waals surface area (Å²) in [5.74, 6) is 2.11. The van der Waals surface area contributed by atoms with Crippen LogP contribution in [0.25, 0.3) is 22.2 Å². The second-order valence-electron chi connectivity index (χ2n) is 8.31. The van der Waals surface area contributed by atoms with E-state index in [2.05, 4.69) is 54.8 Å². The summed E-state index contributed by atoms with van der Waals surface area (Å²) in [6, 6.07) is 9.77. The molecule has 2 N–H and O–H groups in total. The standard InChI is InChI=1S/C26H29N7OS2/c1-16(19-6-5-7-20-21(25(34)27-2)8-9-28-24(19)20)18(14-35-3)13-29-23-10-22(32-15-33-23)17-11-30-26(36-4)31-12-17/h5-12,15-16,18H,13-14H2,1-4H3,(H,27,34)(H,29,32,33). The highest BCUT2D eigenvalue weighted by molar-refractivity contribution is 7.98. The van der Waals surface area contributed by atoms with Crippen molar-refractivity contribution in [3.05, 3.63) is 66.4 Å². The van der Waals surface area contributed by atoms with Crippen molar-refractivity contribution in [2.45, 2.75) is 18.0 Å². The molecule has 0 saturated heterocycles. The molecule has 4 aromatic rings. The molecule has 0 fully saturated rings. The van der Waals surface area contributed by atoms with E-state index in [9.17, 15) is 4.79 Å². The molecule has 3 aromatic heterocycles. The van der Waals surface area contributed by atoms with Gasteiger partial charge in [0.25, 0.3) is 5.91 Å². The smallest absolute Gasteiger partial charge is 0.251 e. The van der Waals surface area contributed by atoms with Crippen LogP contribution in [0.3, 0.4) is 0 Å². The third kappa shape index (κ3) is 5.76. The van der Waals surface area contributed by atoms with Crippen molar-refractivity contribution in [1.29, 1.82) is 0 Å². The first-order valence-electron chi connectivity index (χ1n) is 11.6. The Labute approximate surface area is 219 Å². The summed E-state index contributed by atoms with van der Waals surface area (Å²) in [5.41, 5.74) is 4.26. The molecule has 1 amide bonds. The largest absolute Gasteiger partial charge is 0.370 e. The molecular weight excluding hydrogens is 490 g/mol. The molecule has 1 aromatic carbocycles. The van der Waals surface area contributed by atoms with Crippen molar-refractivity contribution < 1.29 is 4.79 Å². The van der Waals surface area contributed by atoms with Gasteiger partial charge in [-0.3, -0.25) is 9.78 Å². The third-order valence-corrected chi connectivity index (χ3v) is 7.51.